The van der Waals surface area contributed by atoms with E-state index < -0.39 is 0 Å². The van der Waals surface area contributed by atoms with Crippen molar-refractivity contribution in [2.45, 2.75) is 77.6 Å². The minimum absolute atomic E-state index is 0.117. The summed E-state index contributed by atoms with van der Waals surface area (Å²) in [6.07, 6.45) is 14.9. The fraction of sp³-hybridized carbons (Fsp3) is 0.667. The Hall–Kier alpha value is -0.980. The van der Waals surface area contributed by atoms with Gasteiger partial charge in [0.05, 0.1) is 0 Å². The third-order valence-electron chi connectivity index (χ3n) is 3.74. The fourth-order valence-electron chi connectivity index (χ4n) is 2.47. The maximum absolute atomic E-state index is 11.0. The molecular weight excluding hydrogens is 232 g/mol. The average Bonchev–Trinajstić information content (AvgIpc) is 2.43. The number of aryl methyl sites for hydroxylation is 1. The van der Waals surface area contributed by atoms with Gasteiger partial charge in [0.15, 0.2) is 0 Å². The largest absolute Gasteiger partial charge is 0.872 e. The van der Waals surface area contributed by atoms with E-state index in [0.29, 0.717) is 0 Å². The molecule has 0 atom stereocenters. The third-order valence-corrected chi connectivity index (χ3v) is 3.74. The van der Waals surface area contributed by atoms with Crippen LogP contribution in [0, 0.1) is 0 Å². The van der Waals surface area contributed by atoms with Crippen LogP contribution in [0.3, 0.4) is 0 Å². The molecule has 0 bridgehead atoms. The predicted octanol–water partition coefficient (Wildman–Crippen LogP) is 5.22. The second kappa shape index (κ2) is 10.9. The number of rotatable bonds is 11. The smallest absolute Gasteiger partial charge is 0.0279 e. The monoisotopic (exact) mass is 261 g/mol. The van der Waals surface area contributed by atoms with Crippen LogP contribution in [0.4, 0.5) is 0 Å². The van der Waals surface area contributed by atoms with Crippen molar-refractivity contribution < 1.29 is 5.11 Å². The van der Waals surface area contributed by atoms with E-state index in [0.717, 1.165) is 6.42 Å². The maximum Gasteiger partial charge on any atom is -0.0279 e. The van der Waals surface area contributed by atoms with E-state index >= 15 is 0 Å². The molecule has 0 spiro atoms. The zero-order chi connectivity index (χ0) is 13.8. The van der Waals surface area contributed by atoms with Gasteiger partial charge in [-0.05, 0) is 18.4 Å². The Morgan fingerprint density at radius 3 is 1.68 bits per heavy atom. The van der Waals surface area contributed by atoms with E-state index in [4.69, 9.17) is 0 Å². The summed E-state index contributed by atoms with van der Waals surface area (Å²) in [6.45, 7) is 2.27. The van der Waals surface area contributed by atoms with Crippen LogP contribution in [0.2, 0.25) is 0 Å². The summed E-state index contributed by atoms with van der Waals surface area (Å²) >= 11 is 0. The molecule has 1 nitrogen and oxygen atoms in total. The molecule has 0 fully saturated rings. The summed E-state index contributed by atoms with van der Waals surface area (Å²) in [5.41, 5.74) is 1.30. The fourth-order valence-corrected chi connectivity index (χ4v) is 2.47. The van der Waals surface area contributed by atoms with Crippen molar-refractivity contribution in [3.63, 3.8) is 0 Å². The topological polar surface area (TPSA) is 23.1 Å². The standard InChI is InChI=1S/C18H30O/c1-2-3-4-5-6-7-8-9-10-11-12-17-13-15-18(19)16-14-17/h13-16,19H,2-12H2,1H3/p-1. The highest BCUT2D eigenvalue weighted by Crippen LogP contribution is 2.13. The lowest BCUT2D eigenvalue weighted by Gasteiger charge is -2.06. The van der Waals surface area contributed by atoms with Crippen molar-refractivity contribution in [1.29, 1.82) is 0 Å². The minimum atomic E-state index is 0.117. The molecule has 108 valence electrons. The van der Waals surface area contributed by atoms with Crippen LogP contribution in [-0.4, -0.2) is 0 Å². The van der Waals surface area contributed by atoms with Gasteiger partial charge < -0.3 is 5.11 Å². The first kappa shape index (κ1) is 16.1. The van der Waals surface area contributed by atoms with Gasteiger partial charge in [-0.1, -0.05) is 89.0 Å². The van der Waals surface area contributed by atoms with Crippen molar-refractivity contribution in [2.75, 3.05) is 0 Å². The lowest BCUT2D eigenvalue weighted by Crippen LogP contribution is -1.90. The zero-order valence-electron chi connectivity index (χ0n) is 12.5. The van der Waals surface area contributed by atoms with Crippen molar-refractivity contribution in [1.82, 2.24) is 0 Å². The summed E-state index contributed by atoms with van der Waals surface area (Å²) in [5.74, 6) is 0.117. The first-order valence-corrected chi connectivity index (χ1v) is 8.09. The van der Waals surface area contributed by atoms with Crippen LogP contribution in [0.5, 0.6) is 5.75 Å². The first-order valence-electron chi connectivity index (χ1n) is 8.09. The van der Waals surface area contributed by atoms with E-state index in [1.807, 2.05) is 12.1 Å². The molecule has 1 heteroatoms. The molecule has 1 aromatic carbocycles. The highest BCUT2D eigenvalue weighted by Gasteiger charge is 1.94. The normalized spacial score (nSPS) is 10.8. The first-order chi connectivity index (χ1) is 9.33. The maximum atomic E-state index is 11.0. The molecule has 0 saturated heterocycles. The Balaban J connectivity index is 1.87. The van der Waals surface area contributed by atoms with E-state index in [2.05, 4.69) is 6.92 Å². The zero-order valence-corrected chi connectivity index (χ0v) is 12.5. The van der Waals surface area contributed by atoms with Crippen molar-refractivity contribution in [3.8, 4) is 5.75 Å². The SMILES string of the molecule is CCCCCCCCCCCCc1ccc([O-])cc1. The molecule has 0 aromatic heterocycles. The Kier molecular flexibility index (Phi) is 9.22. The molecule has 0 aliphatic heterocycles. The van der Waals surface area contributed by atoms with Gasteiger partial charge in [0.1, 0.15) is 0 Å². The number of hydrogen-bond acceptors (Lipinski definition) is 1. The summed E-state index contributed by atoms with van der Waals surface area (Å²) in [4.78, 5) is 0. The van der Waals surface area contributed by atoms with Crippen molar-refractivity contribution in [3.05, 3.63) is 29.8 Å². The molecule has 0 aliphatic rings. The second-order valence-corrected chi connectivity index (χ2v) is 5.58. The molecule has 1 aromatic rings. The van der Waals surface area contributed by atoms with Gasteiger partial charge in [-0.3, -0.25) is 0 Å². The number of benzene rings is 1. The lowest BCUT2D eigenvalue weighted by atomic mass is 10.0. The summed E-state index contributed by atoms with van der Waals surface area (Å²) in [5, 5.41) is 11.0. The van der Waals surface area contributed by atoms with E-state index in [1.54, 1.807) is 12.1 Å². The molecule has 0 saturated carbocycles. The van der Waals surface area contributed by atoms with Gasteiger partial charge in [-0.15, -0.1) is 5.75 Å². The molecule has 0 unspecified atom stereocenters. The highest BCUT2D eigenvalue weighted by molar-refractivity contribution is 5.24. The van der Waals surface area contributed by atoms with Crippen LogP contribution < -0.4 is 5.11 Å². The van der Waals surface area contributed by atoms with Crippen molar-refractivity contribution >= 4 is 0 Å². The average molecular weight is 261 g/mol. The van der Waals surface area contributed by atoms with Gasteiger partial charge in [0.2, 0.25) is 0 Å². The molecule has 0 heterocycles. The Bertz CT molecular complexity index is 302. The van der Waals surface area contributed by atoms with E-state index in [1.165, 1.54) is 69.8 Å². The van der Waals surface area contributed by atoms with Gasteiger partial charge in [0, 0.05) is 0 Å². The van der Waals surface area contributed by atoms with E-state index in [9.17, 15) is 5.11 Å². The lowest BCUT2D eigenvalue weighted by molar-refractivity contribution is -0.268. The Morgan fingerprint density at radius 2 is 1.16 bits per heavy atom. The molecule has 0 aliphatic carbocycles. The third kappa shape index (κ3) is 8.69. The van der Waals surface area contributed by atoms with Gasteiger partial charge in [-0.2, -0.15) is 0 Å². The van der Waals surface area contributed by atoms with Crippen LogP contribution in [0.25, 0.3) is 0 Å². The van der Waals surface area contributed by atoms with Gasteiger partial charge >= 0.3 is 0 Å². The molecule has 0 radical (unpaired) electrons. The Morgan fingerprint density at radius 1 is 0.684 bits per heavy atom. The minimum Gasteiger partial charge on any atom is -0.872 e. The van der Waals surface area contributed by atoms with Gasteiger partial charge in [0.25, 0.3) is 0 Å². The quantitative estimate of drug-likeness (QED) is 0.501. The molecule has 0 amide bonds. The molecule has 0 N–H and O–H groups in total. The summed E-state index contributed by atoms with van der Waals surface area (Å²) in [6, 6.07) is 7.28. The number of hydrogen-bond donors (Lipinski definition) is 0. The number of unbranched alkanes of at least 4 members (excludes halogenated alkanes) is 9. The Labute approximate surface area is 119 Å². The summed E-state index contributed by atoms with van der Waals surface area (Å²) < 4.78 is 0. The molecule has 19 heavy (non-hydrogen) atoms. The van der Waals surface area contributed by atoms with Crippen LogP contribution in [0.1, 0.15) is 76.7 Å². The van der Waals surface area contributed by atoms with Crippen molar-refractivity contribution in [2.24, 2.45) is 0 Å². The second-order valence-electron chi connectivity index (χ2n) is 5.58. The van der Waals surface area contributed by atoms with Gasteiger partial charge in [-0.25, -0.2) is 0 Å². The van der Waals surface area contributed by atoms with Crippen LogP contribution in [-0.2, 0) is 6.42 Å². The highest BCUT2D eigenvalue weighted by atomic mass is 16.3. The predicted molar refractivity (Wildman–Crippen MR) is 81.4 cm³/mol. The van der Waals surface area contributed by atoms with Crippen LogP contribution >= 0.6 is 0 Å². The molecular formula is C18H29O-. The summed E-state index contributed by atoms with van der Waals surface area (Å²) in [7, 11) is 0. The molecule has 1 rings (SSSR count). The van der Waals surface area contributed by atoms with Crippen LogP contribution in [0.15, 0.2) is 24.3 Å². The van der Waals surface area contributed by atoms with E-state index in [-0.39, 0.29) is 5.75 Å².